The average molecular weight is 207 g/mol. The van der Waals surface area contributed by atoms with Crippen LogP contribution in [-0.2, 0) is 0 Å². The zero-order chi connectivity index (χ0) is 10.1. The summed E-state index contributed by atoms with van der Waals surface area (Å²) in [7, 11) is 0. The molecule has 4 heteroatoms. The van der Waals surface area contributed by atoms with E-state index in [1.54, 1.807) is 24.3 Å². The summed E-state index contributed by atoms with van der Waals surface area (Å²) in [5, 5.41) is 1.47. The summed E-state index contributed by atoms with van der Waals surface area (Å²) in [6.07, 6.45) is 1.45. The van der Waals surface area contributed by atoms with Gasteiger partial charge >= 0.3 is 0 Å². The number of halogens is 1. The highest BCUT2D eigenvalue weighted by molar-refractivity contribution is 6.31. The molecule has 2 N–H and O–H groups in total. The van der Waals surface area contributed by atoms with Crippen LogP contribution in [0.2, 0.25) is 5.02 Å². The monoisotopic (exact) mass is 206 g/mol. The summed E-state index contributed by atoms with van der Waals surface area (Å²) >= 11 is 5.79. The predicted molar refractivity (Wildman–Crippen MR) is 55.3 cm³/mol. The molecule has 1 aromatic heterocycles. The molecule has 0 saturated carbocycles. The highest BCUT2D eigenvalue weighted by Crippen LogP contribution is 2.17. The van der Waals surface area contributed by atoms with E-state index in [0.29, 0.717) is 10.6 Å². The molecule has 0 fully saturated rings. The molecule has 1 amide bonds. The van der Waals surface area contributed by atoms with Crippen LogP contribution in [0.15, 0.2) is 30.5 Å². The molecule has 0 spiro atoms. The molecular formula is C10H7ClN2O. The Hall–Kier alpha value is -1.61. The van der Waals surface area contributed by atoms with E-state index in [9.17, 15) is 4.79 Å². The molecule has 0 bridgehead atoms. The standard InChI is InChI=1S/C10H7ClN2O/c11-8-2-1-6-3-7(10(12)14)5-13-9(6)4-8/h1-5H,(H2,12,14). The molecule has 0 unspecified atom stereocenters. The van der Waals surface area contributed by atoms with Crippen LogP contribution in [0.25, 0.3) is 10.9 Å². The molecular weight excluding hydrogens is 200 g/mol. The number of nitrogens with zero attached hydrogens (tertiary/aromatic N) is 1. The minimum Gasteiger partial charge on any atom is -0.366 e. The lowest BCUT2D eigenvalue weighted by Gasteiger charge is -1.99. The van der Waals surface area contributed by atoms with Gasteiger partial charge in [-0.05, 0) is 18.2 Å². The number of aromatic nitrogens is 1. The third kappa shape index (κ3) is 1.54. The van der Waals surface area contributed by atoms with Crippen LogP contribution >= 0.6 is 11.6 Å². The molecule has 1 aromatic carbocycles. The van der Waals surface area contributed by atoms with Crippen molar-refractivity contribution in [3.63, 3.8) is 0 Å². The quantitative estimate of drug-likeness (QED) is 0.776. The Morgan fingerprint density at radius 2 is 2.14 bits per heavy atom. The fourth-order valence-electron chi connectivity index (χ4n) is 1.23. The molecule has 0 aliphatic heterocycles. The summed E-state index contributed by atoms with van der Waals surface area (Å²) in [6.45, 7) is 0. The number of rotatable bonds is 1. The van der Waals surface area contributed by atoms with Gasteiger partial charge in [-0.25, -0.2) is 0 Å². The smallest absolute Gasteiger partial charge is 0.250 e. The average Bonchev–Trinajstić information content (AvgIpc) is 2.16. The van der Waals surface area contributed by atoms with Gasteiger partial charge in [0.25, 0.3) is 0 Å². The van der Waals surface area contributed by atoms with Crippen LogP contribution in [0.5, 0.6) is 0 Å². The fraction of sp³-hybridized carbons (Fsp3) is 0. The van der Waals surface area contributed by atoms with E-state index in [0.717, 1.165) is 10.9 Å². The van der Waals surface area contributed by atoms with Crippen LogP contribution in [0, 0.1) is 0 Å². The van der Waals surface area contributed by atoms with Gasteiger partial charge < -0.3 is 5.73 Å². The minimum absolute atomic E-state index is 0.403. The van der Waals surface area contributed by atoms with Crippen molar-refractivity contribution in [2.45, 2.75) is 0 Å². The maximum atomic E-state index is 10.9. The molecule has 2 aromatic rings. The van der Waals surface area contributed by atoms with Gasteiger partial charge in [0.2, 0.25) is 5.91 Å². The number of hydrogen-bond acceptors (Lipinski definition) is 2. The lowest BCUT2D eigenvalue weighted by molar-refractivity contribution is 0.1000. The van der Waals surface area contributed by atoms with E-state index in [2.05, 4.69) is 4.98 Å². The molecule has 3 nitrogen and oxygen atoms in total. The molecule has 70 valence electrons. The number of benzene rings is 1. The largest absolute Gasteiger partial charge is 0.366 e. The molecule has 2 rings (SSSR count). The summed E-state index contributed by atoms with van der Waals surface area (Å²) < 4.78 is 0. The summed E-state index contributed by atoms with van der Waals surface area (Å²) in [5.74, 6) is -0.477. The molecule has 14 heavy (non-hydrogen) atoms. The number of carbonyl (C=O) groups is 1. The SMILES string of the molecule is NC(=O)c1cnc2cc(Cl)ccc2c1. The number of nitrogens with two attached hydrogens (primary N) is 1. The zero-order valence-electron chi connectivity index (χ0n) is 7.20. The normalized spacial score (nSPS) is 10.4. The first kappa shape index (κ1) is 8.97. The van der Waals surface area contributed by atoms with Gasteiger partial charge in [-0.15, -0.1) is 0 Å². The highest BCUT2D eigenvalue weighted by Gasteiger charge is 2.02. The van der Waals surface area contributed by atoms with E-state index < -0.39 is 5.91 Å². The van der Waals surface area contributed by atoms with E-state index >= 15 is 0 Å². The Morgan fingerprint density at radius 3 is 2.86 bits per heavy atom. The Balaban J connectivity index is 2.67. The van der Waals surface area contributed by atoms with E-state index in [4.69, 9.17) is 17.3 Å². The van der Waals surface area contributed by atoms with Crippen LogP contribution in [0.1, 0.15) is 10.4 Å². The van der Waals surface area contributed by atoms with Crippen LogP contribution in [0.4, 0.5) is 0 Å². The summed E-state index contributed by atoms with van der Waals surface area (Å²) in [5.41, 5.74) is 6.28. The number of fused-ring (bicyclic) bond motifs is 1. The third-order valence-electron chi connectivity index (χ3n) is 1.93. The summed E-state index contributed by atoms with van der Waals surface area (Å²) in [6, 6.07) is 6.98. The van der Waals surface area contributed by atoms with Crippen molar-refractivity contribution in [1.82, 2.24) is 4.98 Å². The number of pyridine rings is 1. The van der Waals surface area contributed by atoms with Crippen molar-refractivity contribution in [3.05, 3.63) is 41.0 Å². The van der Waals surface area contributed by atoms with Crippen LogP contribution < -0.4 is 5.73 Å². The predicted octanol–water partition coefficient (Wildman–Crippen LogP) is 1.99. The van der Waals surface area contributed by atoms with Gasteiger partial charge in [-0.3, -0.25) is 9.78 Å². The number of primary amides is 1. The van der Waals surface area contributed by atoms with Crippen molar-refractivity contribution in [2.75, 3.05) is 0 Å². The molecule has 0 aliphatic carbocycles. The molecule has 0 radical (unpaired) electrons. The van der Waals surface area contributed by atoms with Crippen molar-refractivity contribution in [3.8, 4) is 0 Å². The first-order chi connectivity index (χ1) is 6.66. The van der Waals surface area contributed by atoms with Gasteiger partial charge in [0.15, 0.2) is 0 Å². The van der Waals surface area contributed by atoms with Gasteiger partial charge in [0, 0.05) is 16.6 Å². The Morgan fingerprint density at radius 1 is 1.36 bits per heavy atom. The van der Waals surface area contributed by atoms with Crippen LogP contribution in [-0.4, -0.2) is 10.9 Å². The highest BCUT2D eigenvalue weighted by atomic mass is 35.5. The van der Waals surface area contributed by atoms with E-state index in [-0.39, 0.29) is 0 Å². The van der Waals surface area contributed by atoms with Gasteiger partial charge in [-0.1, -0.05) is 17.7 Å². The fourth-order valence-corrected chi connectivity index (χ4v) is 1.40. The van der Waals surface area contributed by atoms with E-state index in [1.807, 2.05) is 0 Å². The Labute approximate surface area is 85.5 Å². The molecule has 0 aliphatic rings. The Kier molecular flexibility index (Phi) is 2.09. The lowest BCUT2D eigenvalue weighted by atomic mass is 10.1. The second-order valence-corrected chi connectivity index (χ2v) is 3.36. The first-order valence-electron chi connectivity index (χ1n) is 4.02. The van der Waals surface area contributed by atoms with Gasteiger partial charge in [-0.2, -0.15) is 0 Å². The topological polar surface area (TPSA) is 56.0 Å². The summed E-state index contributed by atoms with van der Waals surface area (Å²) in [4.78, 5) is 14.9. The Bertz CT molecular complexity index is 510. The van der Waals surface area contributed by atoms with Crippen molar-refractivity contribution >= 4 is 28.4 Å². The van der Waals surface area contributed by atoms with Crippen molar-refractivity contribution in [2.24, 2.45) is 5.73 Å². The third-order valence-corrected chi connectivity index (χ3v) is 2.17. The second kappa shape index (κ2) is 3.27. The first-order valence-corrected chi connectivity index (χ1v) is 4.40. The van der Waals surface area contributed by atoms with Gasteiger partial charge in [0.05, 0.1) is 11.1 Å². The minimum atomic E-state index is -0.477. The maximum Gasteiger partial charge on any atom is 0.250 e. The van der Waals surface area contributed by atoms with E-state index in [1.165, 1.54) is 6.20 Å². The molecule has 1 heterocycles. The van der Waals surface area contributed by atoms with Gasteiger partial charge in [0.1, 0.15) is 0 Å². The molecule has 0 saturated heterocycles. The number of amides is 1. The van der Waals surface area contributed by atoms with Crippen molar-refractivity contribution in [1.29, 1.82) is 0 Å². The van der Waals surface area contributed by atoms with Crippen molar-refractivity contribution < 1.29 is 4.79 Å². The molecule has 0 atom stereocenters. The number of carbonyl (C=O) groups excluding carboxylic acids is 1. The zero-order valence-corrected chi connectivity index (χ0v) is 7.95. The lowest BCUT2D eigenvalue weighted by Crippen LogP contribution is -2.10. The van der Waals surface area contributed by atoms with Crippen LogP contribution in [0.3, 0.4) is 0 Å². The maximum absolute atomic E-state index is 10.9. The second-order valence-electron chi connectivity index (χ2n) is 2.93. The number of hydrogen-bond donors (Lipinski definition) is 1.